The Morgan fingerprint density at radius 2 is 2.24 bits per heavy atom. The molecule has 1 N–H and O–H groups in total. The zero-order valence-electron chi connectivity index (χ0n) is 12.2. The summed E-state index contributed by atoms with van der Waals surface area (Å²) in [6, 6.07) is 8.10. The molecule has 4 nitrogen and oxygen atoms in total. The molecule has 1 aromatic heterocycles. The van der Waals surface area contributed by atoms with Crippen LogP contribution in [-0.4, -0.2) is 20.9 Å². The van der Waals surface area contributed by atoms with Crippen LogP contribution in [0, 0.1) is 17.3 Å². The number of carbonyl (C=O) groups is 1. The minimum atomic E-state index is -0.621. The average Bonchev–Trinajstić information content (AvgIpc) is 3.14. The summed E-state index contributed by atoms with van der Waals surface area (Å²) in [5, 5.41) is 15.6. The first-order chi connectivity index (χ1) is 10.1. The Balaban J connectivity index is 1.78. The van der Waals surface area contributed by atoms with Crippen molar-refractivity contribution in [3.63, 3.8) is 0 Å². The second-order valence-corrected chi connectivity index (χ2v) is 6.81. The lowest BCUT2D eigenvalue weighted by molar-refractivity contribution is -0.152. The summed E-state index contributed by atoms with van der Waals surface area (Å²) in [5.74, 6) is 0.325. The van der Waals surface area contributed by atoms with Gasteiger partial charge in [0.2, 0.25) is 0 Å². The van der Waals surface area contributed by atoms with Crippen molar-refractivity contribution < 1.29 is 9.90 Å². The van der Waals surface area contributed by atoms with Crippen LogP contribution < -0.4 is 0 Å². The van der Waals surface area contributed by atoms with Crippen LogP contribution in [0.4, 0.5) is 0 Å². The van der Waals surface area contributed by atoms with E-state index in [2.05, 4.69) is 11.2 Å². The topological polar surface area (TPSA) is 55.1 Å². The Bertz CT molecular complexity index is 721. The summed E-state index contributed by atoms with van der Waals surface area (Å²) < 4.78 is 1.87. The first-order valence-corrected chi connectivity index (χ1v) is 7.74. The van der Waals surface area contributed by atoms with E-state index in [0.717, 1.165) is 35.9 Å². The van der Waals surface area contributed by atoms with Gasteiger partial charge in [-0.15, -0.1) is 0 Å². The maximum Gasteiger partial charge on any atom is 0.310 e. The molecule has 0 radical (unpaired) electrons. The van der Waals surface area contributed by atoms with Crippen LogP contribution in [0.25, 0.3) is 10.9 Å². The third kappa shape index (κ3) is 1.74. The van der Waals surface area contributed by atoms with Crippen LogP contribution in [-0.2, 0) is 18.3 Å². The van der Waals surface area contributed by atoms with Gasteiger partial charge < -0.3 is 5.11 Å². The zero-order valence-corrected chi connectivity index (χ0v) is 12.2. The SMILES string of the molecule is Cn1nc(CC2(C(=O)O)CC3CCC2C3)c2ccccc21. The highest BCUT2D eigenvalue weighted by molar-refractivity contribution is 5.83. The molecule has 4 heteroatoms. The maximum absolute atomic E-state index is 12.0. The molecule has 2 fully saturated rings. The molecule has 0 saturated heterocycles. The number of fused-ring (bicyclic) bond motifs is 3. The van der Waals surface area contributed by atoms with Crippen molar-refractivity contribution in [2.24, 2.45) is 24.3 Å². The van der Waals surface area contributed by atoms with Crippen LogP contribution >= 0.6 is 0 Å². The Morgan fingerprint density at radius 1 is 1.43 bits per heavy atom. The van der Waals surface area contributed by atoms with Crippen molar-refractivity contribution in [2.75, 3.05) is 0 Å². The van der Waals surface area contributed by atoms with Crippen molar-refractivity contribution in [1.29, 1.82) is 0 Å². The molecule has 1 heterocycles. The number of rotatable bonds is 3. The highest BCUT2D eigenvalue weighted by Gasteiger charge is 2.56. The lowest BCUT2D eigenvalue weighted by atomic mass is 9.70. The van der Waals surface area contributed by atoms with Crippen LogP contribution in [0.2, 0.25) is 0 Å². The van der Waals surface area contributed by atoms with Crippen LogP contribution in [0.5, 0.6) is 0 Å². The van der Waals surface area contributed by atoms with E-state index in [-0.39, 0.29) is 0 Å². The van der Waals surface area contributed by atoms with E-state index in [9.17, 15) is 9.90 Å². The summed E-state index contributed by atoms with van der Waals surface area (Å²) in [5.41, 5.74) is 1.44. The van der Waals surface area contributed by atoms with Crippen molar-refractivity contribution in [3.8, 4) is 0 Å². The average molecular weight is 284 g/mol. The minimum absolute atomic E-state index is 0.334. The standard InChI is InChI=1S/C17H20N2O2/c1-19-15-5-3-2-4-13(15)14(18-19)10-17(16(20)21)9-11-6-7-12(17)8-11/h2-5,11-12H,6-10H2,1H3,(H,20,21). The smallest absolute Gasteiger partial charge is 0.310 e. The molecule has 2 saturated carbocycles. The van der Waals surface area contributed by atoms with Crippen molar-refractivity contribution in [3.05, 3.63) is 30.0 Å². The number of carboxylic acid groups (broad SMARTS) is 1. The van der Waals surface area contributed by atoms with Gasteiger partial charge in [0.15, 0.2) is 0 Å². The van der Waals surface area contributed by atoms with Gasteiger partial charge in [-0.25, -0.2) is 0 Å². The largest absolute Gasteiger partial charge is 0.481 e. The van der Waals surface area contributed by atoms with Gasteiger partial charge >= 0.3 is 5.97 Å². The lowest BCUT2D eigenvalue weighted by Gasteiger charge is -2.33. The Labute approximate surface area is 123 Å². The second kappa shape index (κ2) is 4.33. The van der Waals surface area contributed by atoms with Crippen molar-refractivity contribution in [1.82, 2.24) is 9.78 Å². The van der Waals surface area contributed by atoms with E-state index < -0.39 is 11.4 Å². The number of nitrogens with zero attached hydrogens (tertiary/aromatic N) is 2. The Morgan fingerprint density at radius 3 is 2.90 bits per heavy atom. The highest BCUT2D eigenvalue weighted by Crippen LogP contribution is 2.57. The molecular weight excluding hydrogens is 264 g/mol. The number of aryl methyl sites for hydroxylation is 1. The van der Waals surface area contributed by atoms with Crippen molar-refractivity contribution >= 4 is 16.9 Å². The van der Waals surface area contributed by atoms with E-state index in [1.165, 1.54) is 6.42 Å². The summed E-state index contributed by atoms with van der Waals surface area (Å²) in [6.07, 6.45) is 4.78. The Hall–Kier alpha value is -1.84. The quantitative estimate of drug-likeness (QED) is 0.942. The van der Waals surface area contributed by atoms with Gasteiger partial charge in [0, 0.05) is 18.9 Å². The number of aliphatic carboxylic acids is 1. The van der Waals surface area contributed by atoms with Gasteiger partial charge in [0.05, 0.1) is 16.6 Å². The van der Waals surface area contributed by atoms with E-state index in [1.807, 2.05) is 29.9 Å². The molecular formula is C17H20N2O2. The molecule has 110 valence electrons. The normalized spacial score (nSPS) is 31.1. The Kier molecular flexibility index (Phi) is 2.65. The van der Waals surface area contributed by atoms with Gasteiger partial charge in [-0.2, -0.15) is 5.10 Å². The van der Waals surface area contributed by atoms with Gasteiger partial charge in [-0.3, -0.25) is 9.48 Å². The molecule has 0 aliphatic heterocycles. The van der Waals surface area contributed by atoms with Crippen LogP contribution in [0.1, 0.15) is 31.4 Å². The second-order valence-electron chi connectivity index (χ2n) is 6.81. The van der Waals surface area contributed by atoms with Crippen LogP contribution in [0.15, 0.2) is 24.3 Å². The van der Waals surface area contributed by atoms with Crippen LogP contribution in [0.3, 0.4) is 0 Å². The molecule has 2 aromatic rings. The van der Waals surface area contributed by atoms with E-state index >= 15 is 0 Å². The molecule has 1 aromatic carbocycles. The highest BCUT2D eigenvalue weighted by atomic mass is 16.4. The fourth-order valence-corrected chi connectivity index (χ4v) is 4.72. The molecule has 2 bridgehead atoms. The number of aromatic nitrogens is 2. The number of hydrogen-bond acceptors (Lipinski definition) is 2. The maximum atomic E-state index is 12.0. The summed E-state index contributed by atoms with van der Waals surface area (Å²) in [6.45, 7) is 0. The first kappa shape index (κ1) is 12.9. The van der Waals surface area contributed by atoms with E-state index in [0.29, 0.717) is 18.3 Å². The fraction of sp³-hybridized carbons (Fsp3) is 0.529. The van der Waals surface area contributed by atoms with Gasteiger partial charge in [-0.1, -0.05) is 24.6 Å². The summed E-state index contributed by atoms with van der Waals surface area (Å²) >= 11 is 0. The summed E-state index contributed by atoms with van der Waals surface area (Å²) in [4.78, 5) is 12.0. The number of hydrogen-bond donors (Lipinski definition) is 1. The third-order valence-electron chi connectivity index (χ3n) is 5.72. The van der Waals surface area contributed by atoms with Gasteiger partial charge in [-0.05, 0) is 37.2 Å². The number of benzene rings is 1. The minimum Gasteiger partial charge on any atom is -0.481 e. The van der Waals surface area contributed by atoms with E-state index in [4.69, 9.17) is 0 Å². The number of carboxylic acids is 1. The summed E-state index contributed by atoms with van der Waals surface area (Å²) in [7, 11) is 1.93. The molecule has 3 unspecified atom stereocenters. The fourth-order valence-electron chi connectivity index (χ4n) is 4.72. The molecule has 3 atom stereocenters. The molecule has 0 amide bonds. The third-order valence-corrected chi connectivity index (χ3v) is 5.72. The molecule has 2 aliphatic rings. The predicted molar refractivity (Wildman–Crippen MR) is 79.9 cm³/mol. The monoisotopic (exact) mass is 284 g/mol. The first-order valence-electron chi connectivity index (χ1n) is 7.74. The van der Waals surface area contributed by atoms with Gasteiger partial charge in [0.25, 0.3) is 0 Å². The lowest BCUT2D eigenvalue weighted by Crippen LogP contribution is -2.38. The molecule has 0 spiro atoms. The van der Waals surface area contributed by atoms with Crippen molar-refractivity contribution in [2.45, 2.75) is 32.1 Å². The van der Waals surface area contributed by atoms with E-state index in [1.54, 1.807) is 0 Å². The molecule has 4 rings (SSSR count). The number of para-hydroxylation sites is 1. The molecule has 21 heavy (non-hydrogen) atoms. The predicted octanol–water partition coefficient (Wildman–Crippen LogP) is 3.01. The zero-order chi connectivity index (χ0) is 14.6. The molecule has 2 aliphatic carbocycles. The van der Waals surface area contributed by atoms with Gasteiger partial charge in [0.1, 0.15) is 0 Å².